The highest BCUT2D eigenvalue weighted by atomic mass is 32.2. The van der Waals surface area contributed by atoms with E-state index in [1.165, 1.54) is 84.5 Å². The lowest BCUT2D eigenvalue weighted by Crippen LogP contribution is -2.46. The number of nitrogens with zero attached hydrogens (tertiary/aromatic N) is 4. The van der Waals surface area contributed by atoms with Crippen LogP contribution in [0.25, 0.3) is 11.2 Å². The summed E-state index contributed by atoms with van der Waals surface area (Å²) in [6, 6.07) is 0. The number of carbonyl (C=O) groups excluding carboxylic acids is 3. The van der Waals surface area contributed by atoms with E-state index in [1.807, 2.05) is 0 Å². The van der Waals surface area contributed by atoms with Crippen LogP contribution in [-0.4, -0.2) is 134 Å². The molecule has 0 aliphatic carbocycles. The molecule has 0 saturated carbocycles. The number of phosphoric acid groups is 3. The number of nitrogen functional groups attached to an aromatic ring is 1. The fourth-order valence-electron chi connectivity index (χ4n) is 7.74. The molecule has 0 spiro atoms. The van der Waals surface area contributed by atoms with Crippen molar-refractivity contribution in [2.75, 3.05) is 37.8 Å². The first-order valence-electron chi connectivity index (χ1n) is 24.7. The number of aliphatic hydroxyl groups is 2. The van der Waals surface area contributed by atoms with Gasteiger partial charge in [0.15, 0.2) is 22.8 Å². The Kier molecular flexibility index (Phi) is 28.7. The Morgan fingerprint density at radius 3 is 1.86 bits per heavy atom. The molecule has 2 amide bonds. The van der Waals surface area contributed by atoms with Gasteiger partial charge in [-0.1, -0.05) is 128 Å². The third kappa shape index (κ3) is 25.6. The second-order valence-electron chi connectivity index (χ2n) is 18.5. The van der Waals surface area contributed by atoms with Crippen molar-refractivity contribution < 1.29 is 90.4 Å². The van der Waals surface area contributed by atoms with E-state index in [-0.39, 0.29) is 48.0 Å². The maximum absolute atomic E-state index is 12.8. The minimum Gasteiger partial charge on any atom is -0.481 e. The lowest BCUT2D eigenvalue weighted by Gasteiger charge is -2.30. The molecular weight excluding hydrogens is 1040 g/mol. The van der Waals surface area contributed by atoms with Gasteiger partial charge in [0.25, 0.3) is 0 Å². The number of aliphatic carboxylic acids is 1. The predicted octanol–water partition coefficient (Wildman–Crippen LogP) is 5.55. The number of nitrogens with one attached hydrogen (secondary N) is 2. The second kappa shape index (κ2) is 32.6. The number of carboxylic acids is 1. The van der Waals surface area contributed by atoms with Crippen molar-refractivity contribution in [1.29, 1.82) is 0 Å². The Morgan fingerprint density at radius 1 is 0.781 bits per heavy atom. The number of carbonyl (C=O) groups is 4. The fourth-order valence-corrected chi connectivity index (χ4v) is 11.3. The summed E-state index contributed by atoms with van der Waals surface area (Å²) in [5.41, 5.74) is 4.28. The Hall–Kier alpha value is -2.97. The summed E-state index contributed by atoms with van der Waals surface area (Å²) < 4.78 is 62.5. The summed E-state index contributed by atoms with van der Waals surface area (Å²) in [6.45, 7) is 0.537. The van der Waals surface area contributed by atoms with Crippen LogP contribution in [0.3, 0.4) is 0 Å². The Balaban J connectivity index is 1.22. The normalized spacial score (nSPS) is 19.3. The molecule has 3 heterocycles. The molecule has 3 rings (SSSR count). The van der Waals surface area contributed by atoms with Crippen molar-refractivity contribution in [3.05, 3.63) is 12.7 Å². The molecule has 1 aliphatic heterocycles. The molecule has 0 bridgehead atoms. The van der Waals surface area contributed by atoms with Crippen LogP contribution in [0.4, 0.5) is 5.82 Å². The molecule has 26 nitrogen and oxygen atoms in total. The summed E-state index contributed by atoms with van der Waals surface area (Å²) in [6.07, 6.45) is 14.7. The van der Waals surface area contributed by atoms with Crippen LogP contribution in [0.2, 0.25) is 0 Å². The molecule has 30 heteroatoms. The number of nitrogens with two attached hydrogens (primary N) is 1. The molecule has 73 heavy (non-hydrogen) atoms. The Morgan fingerprint density at radius 2 is 1.32 bits per heavy atom. The van der Waals surface area contributed by atoms with Crippen LogP contribution >= 0.6 is 35.2 Å². The minimum absolute atomic E-state index is 0.0300. The van der Waals surface area contributed by atoms with Crippen molar-refractivity contribution in [1.82, 2.24) is 30.2 Å². The number of hydrogen-bond acceptors (Lipinski definition) is 19. The van der Waals surface area contributed by atoms with Gasteiger partial charge < -0.3 is 56.0 Å². The van der Waals surface area contributed by atoms with Gasteiger partial charge >= 0.3 is 29.4 Å². The van der Waals surface area contributed by atoms with Gasteiger partial charge in [0.05, 0.1) is 19.5 Å². The third-order valence-electron chi connectivity index (χ3n) is 11.8. The zero-order valence-corrected chi connectivity index (χ0v) is 45.1. The number of rotatable bonds is 40. The first-order chi connectivity index (χ1) is 34.4. The number of fused-ring (bicyclic) bond motifs is 1. The SMILES string of the molecule is CC(C)(COP(=O)(O)OP(=O)(O)OC[C@H]1O[C@@H](n2cnc3c(N)ncnc32)[C@H](O)[C@@H]1OP(=O)(O)O)[C@@H](O)C(=O)NCCC(=O)NCCSC(=O)CCCCCCCCCCCCCCCCCCCCC(=O)O. The third-order valence-corrected chi connectivity index (χ3v) is 15.8. The van der Waals surface area contributed by atoms with Crippen LogP contribution < -0.4 is 16.4 Å². The smallest absolute Gasteiger partial charge is 0.481 e. The molecule has 418 valence electrons. The van der Waals surface area contributed by atoms with E-state index in [0.29, 0.717) is 12.2 Å². The number of thioether (sulfide) groups is 1. The molecule has 11 N–H and O–H groups in total. The van der Waals surface area contributed by atoms with E-state index >= 15 is 0 Å². The molecule has 1 saturated heterocycles. The average molecular weight is 1120 g/mol. The van der Waals surface area contributed by atoms with E-state index in [4.69, 9.17) is 24.6 Å². The average Bonchev–Trinajstić information content (AvgIpc) is 3.87. The van der Waals surface area contributed by atoms with Gasteiger partial charge in [-0.25, -0.2) is 28.6 Å². The molecule has 1 fully saturated rings. The highest BCUT2D eigenvalue weighted by molar-refractivity contribution is 8.13. The number of phosphoric ester groups is 3. The van der Waals surface area contributed by atoms with Crippen molar-refractivity contribution in [3.63, 3.8) is 0 Å². The quantitative estimate of drug-likeness (QED) is 0.0289. The lowest BCUT2D eigenvalue weighted by molar-refractivity contribution is -0.137. The van der Waals surface area contributed by atoms with Gasteiger partial charge in [0, 0.05) is 43.5 Å². The highest BCUT2D eigenvalue weighted by Gasteiger charge is 2.50. The van der Waals surface area contributed by atoms with Crippen LogP contribution in [0, 0.1) is 5.41 Å². The summed E-state index contributed by atoms with van der Waals surface area (Å²) in [5, 5.41) is 35.3. The minimum atomic E-state index is -5.58. The first-order valence-corrected chi connectivity index (χ1v) is 30.2. The number of aliphatic hydroxyl groups excluding tert-OH is 2. The highest BCUT2D eigenvalue weighted by Crippen LogP contribution is 2.61. The summed E-state index contributed by atoms with van der Waals surface area (Å²) in [4.78, 5) is 99.1. The number of amides is 2. The fraction of sp³-hybridized carbons (Fsp3) is 0.791. The Labute approximate surface area is 429 Å². The molecule has 2 unspecified atom stereocenters. The maximum atomic E-state index is 12.8. The lowest BCUT2D eigenvalue weighted by atomic mass is 9.87. The largest absolute Gasteiger partial charge is 0.481 e. The van der Waals surface area contributed by atoms with Gasteiger partial charge in [0.1, 0.15) is 36.3 Å². The van der Waals surface area contributed by atoms with Crippen molar-refractivity contribution in [2.24, 2.45) is 5.41 Å². The van der Waals surface area contributed by atoms with Gasteiger partial charge in [-0.05, 0) is 12.8 Å². The number of hydrogen-bond donors (Lipinski definition) is 10. The molecule has 0 aromatic carbocycles. The van der Waals surface area contributed by atoms with E-state index in [9.17, 15) is 62.7 Å². The van der Waals surface area contributed by atoms with E-state index < -0.39 is 90.5 Å². The van der Waals surface area contributed by atoms with Crippen LogP contribution in [0.5, 0.6) is 0 Å². The summed E-state index contributed by atoms with van der Waals surface area (Å²) in [7, 11) is -16.4. The molecule has 7 atom stereocenters. The maximum Gasteiger partial charge on any atom is 0.481 e. The number of aromatic nitrogens is 4. The molecule has 2 aromatic heterocycles. The standard InChI is InChI=1S/C43H76N7O19P3S/c1-43(2,28-66-72(63,64)69-71(61,62)65-27-31-37(68-70(58,59)60)36(55)42(67-31)50-30-49-35-39(44)47-29-48-40(35)50)38(56)41(57)46-24-23-32(51)45-25-26-73-34(54)22-20-18-16-14-12-10-8-6-4-3-5-7-9-11-13-15-17-19-21-33(52)53/h29-31,36-38,42,55-56H,3-28H2,1-2H3,(H,45,51)(H,46,57)(H,52,53)(H,61,62)(H,63,64)(H2,44,47,48)(H2,58,59,60)/t31-,36-,37-,38+,42-/m1/s1. The number of ether oxygens (including phenoxy) is 1. The zero-order chi connectivity index (χ0) is 54.1. The van der Waals surface area contributed by atoms with E-state index in [2.05, 4.69) is 34.4 Å². The van der Waals surface area contributed by atoms with Crippen LogP contribution in [0.1, 0.15) is 155 Å². The van der Waals surface area contributed by atoms with Gasteiger partial charge in [-0.2, -0.15) is 4.31 Å². The first kappa shape index (κ1) is 64.3. The van der Waals surface area contributed by atoms with Crippen molar-refractivity contribution in [2.45, 2.75) is 179 Å². The predicted molar refractivity (Wildman–Crippen MR) is 267 cm³/mol. The van der Waals surface area contributed by atoms with Gasteiger partial charge in [0.2, 0.25) is 11.8 Å². The van der Waals surface area contributed by atoms with E-state index in [1.54, 1.807) is 0 Å². The molecule has 2 aromatic rings. The number of unbranched alkanes of at least 4 members (excludes halogenated alkanes) is 17. The molecule has 0 radical (unpaired) electrons. The number of carboxylic acid groups (broad SMARTS) is 1. The zero-order valence-electron chi connectivity index (χ0n) is 41.6. The van der Waals surface area contributed by atoms with Crippen molar-refractivity contribution in [3.8, 4) is 0 Å². The van der Waals surface area contributed by atoms with Crippen molar-refractivity contribution >= 4 is 75.1 Å². The summed E-state index contributed by atoms with van der Waals surface area (Å²) in [5.74, 6) is -1.76. The topological polar surface area (TPSA) is 401 Å². The molecule has 1 aliphatic rings. The number of imidazole rings is 1. The monoisotopic (exact) mass is 1120 g/mol. The van der Waals surface area contributed by atoms with Gasteiger partial charge in [-0.15, -0.1) is 0 Å². The summed E-state index contributed by atoms with van der Waals surface area (Å²) >= 11 is 1.14. The van der Waals surface area contributed by atoms with E-state index in [0.717, 1.165) is 73.9 Å². The van der Waals surface area contributed by atoms with Gasteiger partial charge in [-0.3, -0.25) is 37.3 Å². The van der Waals surface area contributed by atoms with Crippen LogP contribution in [0.15, 0.2) is 12.7 Å². The number of anilines is 1. The second-order valence-corrected chi connectivity index (χ2v) is 23.9. The Bertz CT molecular complexity index is 2170. The van der Waals surface area contributed by atoms with Crippen LogP contribution in [-0.2, 0) is 55.5 Å². The molecular formula is C43H76N7O19P3S.